The molecule has 0 bridgehead atoms. The molecule has 186 valence electrons. The number of imide groups is 2. The Morgan fingerprint density at radius 3 is 2.41 bits per heavy atom. The van der Waals surface area contributed by atoms with Crippen LogP contribution in [0.25, 0.3) is 10.8 Å². The van der Waals surface area contributed by atoms with Gasteiger partial charge in [-0.3, -0.25) is 29.4 Å². The normalized spacial score (nSPS) is 19.1. The standard InChI is InChI=1S/C28H24N4O5/c33-24-12-11-23(25(34)30-24)32-26(35)21-10-7-19(14-22(21)27(32)36)29-28(37)31(20-8-9-20)15-16-5-6-17-3-1-2-4-18(17)13-16/h1-7,10,13-14,20,23H,8-9,11-12,15H2,(H,29,37)(H,30,33,34). The van der Waals surface area contributed by atoms with Crippen molar-refractivity contribution in [3.63, 3.8) is 0 Å². The van der Waals surface area contributed by atoms with Crippen LogP contribution in [0.15, 0.2) is 60.7 Å². The van der Waals surface area contributed by atoms with Gasteiger partial charge in [0.1, 0.15) is 6.04 Å². The third kappa shape index (κ3) is 4.22. The van der Waals surface area contributed by atoms with E-state index in [0.717, 1.165) is 34.1 Å². The van der Waals surface area contributed by atoms with E-state index < -0.39 is 29.7 Å². The highest BCUT2D eigenvalue weighted by atomic mass is 16.2. The number of carbonyl (C=O) groups excluding carboxylic acids is 5. The van der Waals surface area contributed by atoms with E-state index in [1.165, 1.54) is 12.1 Å². The zero-order valence-corrected chi connectivity index (χ0v) is 19.9. The number of nitrogens with one attached hydrogen (secondary N) is 2. The van der Waals surface area contributed by atoms with Crippen molar-refractivity contribution in [2.45, 2.75) is 44.3 Å². The molecule has 1 atom stereocenters. The maximum absolute atomic E-state index is 13.3. The lowest BCUT2D eigenvalue weighted by Gasteiger charge is -2.27. The molecule has 0 spiro atoms. The Hall–Kier alpha value is -4.53. The average Bonchev–Trinajstić information content (AvgIpc) is 3.70. The molecular formula is C28H24N4O5. The van der Waals surface area contributed by atoms with Crippen molar-refractivity contribution in [2.24, 2.45) is 0 Å². The fraction of sp³-hybridized carbons (Fsp3) is 0.250. The van der Waals surface area contributed by atoms with Crippen LogP contribution in [0, 0.1) is 0 Å². The van der Waals surface area contributed by atoms with Crippen molar-refractivity contribution >= 4 is 46.1 Å². The Morgan fingerprint density at radius 1 is 0.892 bits per heavy atom. The molecule has 3 aromatic rings. The zero-order chi connectivity index (χ0) is 25.7. The second-order valence-electron chi connectivity index (χ2n) is 9.68. The number of rotatable bonds is 5. The molecular weight excluding hydrogens is 472 g/mol. The minimum absolute atomic E-state index is 0.0549. The smallest absolute Gasteiger partial charge is 0.317 e. The number of benzene rings is 3. The van der Waals surface area contributed by atoms with Crippen LogP contribution in [0.2, 0.25) is 0 Å². The number of fused-ring (bicyclic) bond motifs is 2. The van der Waals surface area contributed by atoms with Crippen LogP contribution in [0.1, 0.15) is 52.0 Å². The Labute approximate surface area is 212 Å². The Kier molecular flexibility index (Phi) is 5.48. The molecule has 1 aliphatic carbocycles. The van der Waals surface area contributed by atoms with Crippen LogP contribution >= 0.6 is 0 Å². The summed E-state index contributed by atoms with van der Waals surface area (Å²) in [6.07, 6.45) is 2.00. The number of amides is 6. The largest absolute Gasteiger partial charge is 0.322 e. The second-order valence-corrected chi connectivity index (χ2v) is 9.68. The summed E-state index contributed by atoms with van der Waals surface area (Å²) in [5.74, 6) is -2.27. The number of hydrogen-bond donors (Lipinski definition) is 2. The van der Waals surface area contributed by atoms with Gasteiger partial charge in [0.2, 0.25) is 11.8 Å². The highest BCUT2D eigenvalue weighted by molar-refractivity contribution is 6.24. The van der Waals surface area contributed by atoms with Crippen LogP contribution in [0.3, 0.4) is 0 Å². The van der Waals surface area contributed by atoms with Gasteiger partial charge in [-0.2, -0.15) is 0 Å². The number of carbonyl (C=O) groups is 5. The topological polar surface area (TPSA) is 116 Å². The first-order valence-electron chi connectivity index (χ1n) is 12.3. The fourth-order valence-electron chi connectivity index (χ4n) is 5.03. The van der Waals surface area contributed by atoms with Crippen molar-refractivity contribution in [1.82, 2.24) is 15.1 Å². The molecule has 6 amide bonds. The summed E-state index contributed by atoms with van der Waals surface area (Å²) in [7, 11) is 0. The van der Waals surface area contributed by atoms with Crippen molar-refractivity contribution in [3.8, 4) is 0 Å². The molecule has 2 fully saturated rings. The third-order valence-electron chi connectivity index (χ3n) is 7.11. The predicted molar refractivity (Wildman–Crippen MR) is 135 cm³/mol. The summed E-state index contributed by atoms with van der Waals surface area (Å²) in [6.45, 7) is 0.451. The van der Waals surface area contributed by atoms with Gasteiger partial charge in [0, 0.05) is 24.7 Å². The Balaban J connectivity index is 1.20. The fourth-order valence-corrected chi connectivity index (χ4v) is 5.03. The van der Waals surface area contributed by atoms with Crippen LogP contribution in [-0.4, -0.2) is 51.5 Å². The molecule has 0 radical (unpaired) electrons. The average molecular weight is 497 g/mol. The first-order chi connectivity index (χ1) is 17.9. The van der Waals surface area contributed by atoms with Crippen molar-refractivity contribution in [3.05, 3.63) is 77.4 Å². The molecule has 3 aromatic carbocycles. The molecule has 1 saturated heterocycles. The number of urea groups is 1. The summed E-state index contributed by atoms with van der Waals surface area (Å²) < 4.78 is 0. The lowest BCUT2D eigenvalue weighted by Crippen LogP contribution is -2.54. The SMILES string of the molecule is O=C1CCC(N2C(=O)c3ccc(NC(=O)N(Cc4ccc5ccccc5c4)C4CC4)cc3C2=O)C(=O)N1. The highest BCUT2D eigenvalue weighted by Crippen LogP contribution is 2.32. The first-order valence-corrected chi connectivity index (χ1v) is 12.3. The van der Waals surface area contributed by atoms with E-state index in [0.29, 0.717) is 12.2 Å². The lowest BCUT2D eigenvalue weighted by molar-refractivity contribution is -0.136. The molecule has 9 heteroatoms. The van der Waals surface area contributed by atoms with Gasteiger partial charge < -0.3 is 10.2 Å². The third-order valence-corrected chi connectivity index (χ3v) is 7.11. The predicted octanol–water partition coefficient (Wildman–Crippen LogP) is 3.44. The minimum Gasteiger partial charge on any atom is -0.317 e. The molecule has 37 heavy (non-hydrogen) atoms. The van der Waals surface area contributed by atoms with Crippen LogP contribution < -0.4 is 10.6 Å². The van der Waals surface area contributed by atoms with Crippen molar-refractivity contribution in [1.29, 1.82) is 0 Å². The Bertz CT molecular complexity index is 1490. The van der Waals surface area contributed by atoms with Gasteiger partial charge >= 0.3 is 6.03 Å². The molecule has 0 aromatic heterocycles. The van der Waals surface area contributed by atoms with Crippen LogP contribution in [-0.2, 0) is 16.1 Å². The highest BCUT2D eigenvalue weighted by Gasteiger charge is 2.44. The second kappa shape index (κ2) is 8.85. The maximum atomic E-state index is 13.3. The van der Waals surface area contributed by atoms with Crippen molar-refractivity contribution < 1.29 is 24.0 Å². The first kappa shape index (κ1) is 22.9. The van der Waals surface area contributed by atoms with Gasteiger partial charge in [-0.1, -0.05) is 36.4 Å². The van der Waals surface area contributed by atoms with Gasteiger partial charge in [0.15, 0.2) is 0 Å². The maximum Gasteiger partial charge on any atom is 0.322 e. The van der Waals surface area contributed by atoms with E-state index in [1.807, 2.05) is 36.4 Å². The summed E-state index contributed by atoms with van der Waals surface area (Å²) in [5, 5.41) is 7.31. The van der Waals surface area contributed by atoms with Crippen LogP contribution in [0.5, 0.6) is 0 Å². The number of anilines is 1. The minimum atomic E-state index is -1.03. The lowest BCUT2D eigenvalue weighted by atomic mass is 10.0. The van der Waals surface area contributed by atoms with Crippen molar-refractivity contribution in [2.75, 3.05) is 5.32 Å². The molecule has 9 nitrogen and oxygen atoms in total. The molecule has 2 aliphatic heterocycles. The van der Waals surface area contributed by atoms with Gasteiger partial charge in [-0.15, -0.1) is 0 Å². The van der Waals surface area contributed by atoms with Gasteiger partial charge in [0.05, 0.1) is 11.1 Å². The molecule has 3 aliphatic rings. The number of piperidine rings is 1. The molecule has 1 unspecified atom stereocenters. The summed E-state index contributed by atoms with van der Waals surface area (Å²) in [4.78, 5) is 65.7. The molecule has 1 saturated carbocycles. The quantitative estimate of drug-likeness (QED) is 0.525. The van der Waals surface area contributed by atoms with Crippen LogP contribution in [0.4, 0.5) is 10.5 Å². The van der Waals surface area contributed by atoms with E-state index in [1.54, 1.807) is 11.0 Å². The molecule has 6 rings (SSSR count). The summed E-state index contributed by atoms with van der Waals surface area (Å²) >= 11 is 0. The van der Waals surface area contributed by atoms with Gasteiger partial charge in [0.25, 0.3) is 11.8 Å². The summed E-state index contributed by atoms with van der Waals surface area (Å²) in [6, 6.07) is 17.6. The summed E-state index contributed by atoms with van der Waals surface area (Å²) in [5.41, 5.74) is 1.71. The monoisotopic (exact) mass is 496 g/mol. The zero-order valence-electron chi connectivity index (χ0n) is 19.9. The molecule has 2 N–H and O–H groups in total. The number of hydrogen-bond acceptors (Lipinski definition) is 5. The van der Waals surface area contributed by atoms with E-state index in [-0.39, 0.29) is 36.0 Å². The molecule has 2 heterocycles. The Morgan fingerprint density at radius 2 is 1.65 bits per heavy atom. The number of nitrogens with zero attached hydrogens (tertiary/aromatic N) is 2. The van der Waals surface area contributed by atoms with E-state index >= 15 is 0 Å². The van der Waals surface area contributed by atoms with E-state index in [2.05, 4.69) is 16.7 Å². The van der Waals surface area contributed by atoms with Gasteiger partial charge in [-0.25, -0.2) is 4.79 Å². The van der Waals surface area contributed by atoms with Gasteiger partial charge in [-0.05, 0) is 59.9 Å². The van der Waals surface area contributed by atoms with E-state index in [4.69, 9.17) is 0 Å². The van der Waals surface area contributed by atoms with E-state index in [9.17, 15) is 24.0 Å².